The van der Waals surface area contributed by atoms with Crippen molar-refractivity contribution in [3.05, 3.63) is 47.0 Å². The normalized spacial score (nSPS) is 12.6. The number of rotatable bonds is 5. The van der Waals surface area contributed by atoms with Crippen molar-refractivity contribution in [1.29, 1.82) is 0 Å². The van der Waals surface area contributed by atoms with Crippen molar-refractivity contribution < 1.29 is 0 Å². The van der Waals surface area contributed by atoms with Gasteiger partial charge in [0.2, 0.25) is 0 Å². The minimum absolute atomic E-state index is 0.00000567. The summed E-state index contributed by atoms with van der Waals surface area (Å²) in [7, 11) is 1.96. The lowest BCUT2D eigenvalue weighted by molar-refractivity contribution is 0.518. The van der Waals surface area contributed by atoms with Crippen molar-refractivity contribution in [2.45, 2.75) is 32.7 Å². The highest BCUT2D eigenvalue weighted by atomic mass is 15.3. The van der Waals surface area contributed by atoms with Crippen molar-refractivity contribution >= 4 is 0 Å². The molecule has 0 spiro atoms. The third-order valence-corrected chi connectivity index (χ3v) is 3.30. The first-order chi connectivity index (χ1) is 9.13. The number of aryl methyl sites for hydroxylation is 3. The first-order valence-corrected chi connectivity index (χ1v) is 6.54. The Morgan fingerprint density at radius 2 is 2.21 bits per heavy atom. The Hall–Kier alpha value is -1.72. The van der Waals surface area contributed by atoms with Crippen molar-refractivity contribution in [1.82, 2.24) is 20.2 Å². The molecule has 0 aliphatic heterocycles. The van der Waals surface area contributed by atoms with Crippen molar-refractivity contribution in [2.24, 2.45) is 12.9 Å². The van der Waals surface area contributed by atoms with E-state index < -0.39 is 0 Å². The molecule has 2 aromatic heterocycles. The Kier molecular flexibility index (Phi) is 4.29. The highest BCUT2D eigenvalue weighted by Gasteiger charge is 2.15. The molecule has 3 N–H and O–H groups in total. The monoisotopic (exact) mass is 259 g/mol. The van der Waals surface area contributed by atoms with Crippen LogP contribution >= 0.6 is 0 Å². The molecule has 1 unspecified atom stereocenters. The summed E-state index contributed by atoms with van der Waals surface area (Å²) in [5, 5.41) is 4.46. The highest BCUT2D eigenvalue weighted by molar-refractivity contribution is 5.20. The first kappa shape index (κ1) is 13.7. The van der Waals surface area contributed by atoms with E-state index in [1.54, 1.807) is 0 Å². The summed E-state index contributed by atoms with van der Waals surface area (Å²) in [6.07, 6.45) is 3.53. The quantitative estimate of drug-likeness (QED) is 0.629. The number of nitrogens with one attached hydrogen (secondary N) is 1. The van der Waals surface area contributed by atoms with E-state index in [0.717, 1.165) is 29.9 Å². The van der Waals surface area contributed by atoms with Gasteiger partial charge >= 0.3 is 0 Å². The molecular weight excluding hydrogens is 238 g/mol. The molecule has 0 radical (unpaired) electrons. The first-order valence-electron chi connectivity index (χ1n) is 6.54. The third-order valence-electron chi connectivity index (χ3n) is 3.30. The fourth-order valence-electron chi connectivity index (χ4n) is 2.14. The Morgan fingerprint density at radius 1 is 1.42 bits per heavy atom. The Balaban J connectivity index is 2.21. The Morgan fingerprint density at radius 3 is 2.79 bits per heavy atom. The van der Waals surface area contributed by atoms with E-state index in [1.165, 1.54) is 5.56 Å². The average Bonchev–Trinajstić information content (AvgIpc) is 2.76. The molecular formula is C14H21N5. The zero-order valence-corrected chi connectivity index (χ0v) is 11.7. The topological polar surface area (TPSA) is 68.8 Å². The fourth-order valence-corrected chi connectivity index (χ4v) is 2.14. The van der Waals surface area contributed by atoms with Crippen molar-refractivity contribution in [3.63, 3.8) is 0 Å². The minimum Gasteiger partial charge on any atom is -0.272 e. The van der Waals surface area contributed by atoms with E-state index in [-0.39, 0.29) is 6.04 Å². The van der Waals surface area contributed by atoms with Gasteiger partial charge in [-0.05, 0) is 37.1 Å². The van der Waals surface area contributed by atoms with Crippen molar-refractivity contribution in [3.8, 4) is 0 Å². The third kappa shape index (κ3) is 3.19. The summed E-state index contributed by atoms with van der Waals surface area (Å²) in [6, 6.07) is 6.16. The van der Waals surface area contributed by atoms with E-state index in [9.17, 15) is 0 Å². The summed E-state index contributed by atoms with van der Waals surface area (Å²) in [5.41, 5.74) is 7.25. The molecule has 19 heavy (non-hydrogen) atoms. The predicted octanol–water partition coefficient (Wildman–Crippen LogP) is 1.43. The molecule has 0 bridgehead atoms. The van der Waals surface area contributed by atoms with Gasteiger partial charge in [0.25, 0.3) is 0 Å². The van der Waals surface area contributed by atoms with Crippen LogP contribution in [0.4, 0.5) is 0 Å². The van der Waals surface area contributed by atoms with Crippen LogP contribution in [0.2, 0.25) is 0 Å². The van der Waals surface area contributed by atoms with Crippen molar-refractivity contribution in [2.75, 3.05) is 0 Å². The van der Waals surface area contributed by atoms with Crippen LogP contribution in [-0.4, -0.2) is 14.8 Å². The van der Waals surface area contributed by atoms with Crippen LogP contribution in [0.1, 0.15) is 35.6 Å². The molecule has 102 valence electrons. The fraction of sp³-hybridized carbons (Fsp3) is 0.429. The standard InChI is InChI=1S/C14H21N5/c1-4-11-8-12(19(3)18-11)9-14(17-15)13-7-10(2)5-6-16-13/h5-8,14,17H,4,9,15H2,1-3H3. The molecule has 0 aliphatic rings. The largest absolute Gasteiger partial charge is 0.272 e. The zero-order chi connectivity index (χ0) is 13.8. The SMILES string of the molecule is CCc1cc(CC(NN)c2cc(C)ccn2)n(C)n1. The van der Waals surface area contributed by atoms with Crippen LogP contribution in [0.3, 0.4) is 0 Å². The van der Waals surface area contributed by atoms with Gasteiger partial charge in [0.05, 0.1) is 17.4 Å². The van der Waals surface area contributed by atoms with Crippen LogP contribution in [-0.2, 0) is 19.9 Å². The number of pyridine rings is 1. The van der Waals surface area contributed by atoms with E-state index in [1.807, 2.05) is 24.0 Å². The lowest BCUT2D eigenvalue weighted by Gasteiger charge is -2.15. The van der Waals surface area contributed by atoms with E-state index >= 15 is 0 Å². The zero-order valence-electron chi connectivity index (χ0n) is 11.7. The summed E-state index contributed by atoms with van der Waals surface area (Å²) in [4.78, 5) is 4.39. The molecule has 2 rings (SSSR count). The molecule has 1 atom stereocenters. The lowest BCUT2D eigenvalue weighted by atomic mass is 10.1. The number of hydrogen-bond donors (Lipinski definition) is 2. The van der Waals surface area contributed by atoms with Gasteiger partial charge in [-0.25, -0.2) is 0 Å². The van der Waals surface area contributed by atoms with Gasteiger partial charge in [0.15, 0.2) is 0 Å². The van der Waals surface area contributed by atoms with E-state index in [2.05, 4.69) is 41.5 Å². The molecule has 5 nitrogen and oxygen atoms in total. The van der Waals surface area contributed by atoms with E-state index in [4.69, 9.17) is 5.84 Å². The van der Waals surface area contributed by atoms with E-state index in [0.29, 0.717) is 0 Å². The van der Waals surface area contributed by atoms with Gasteiger partial charge < -0.3 is 0 Å². The summed E-state index contributed by atoms with van der Waals surface area (Å²) in [5.74, 6) is 5.67. The maximum atomic E-state index is 5.67. The smallest absolute Gasteiger partial charge is 0.0687 e. The van der Waals surface area contributed by atoms with Crippen LogP contribution in [0, 0.1) is 6.92 Å². The maximum Gasteiger partial charge on any atom is 0.0687 e. The Bertz CT molecular complexity index is 547. The summed E-state index contributed by atoms with van der Waals surface area (Å²) in [6.45, 7) is 4.16. The van der Waals surface area contributed by atoms with Gasteiger partial charge in [-0.15, -0.1) is 0 Å². The molecule has 0 aliphatic carbocycles. The molecule has 0 saturated carbocycles. The molecule has 2 aromatic rings. The lowest BCUT2D eigenvalue weighted by Crippen LogP contribution is -2.30. The summed E-state index contributed by atoms with van der Waals surface area (Å²) >= 11 is 0. The van der Waals surface area contributed by atoms with Gasteiger partial charge in [-0.1, -0.05) is 6.92 Å². The van der Waals surface area contributed by atoms with Crippen LogP contribution in [0.15, 0.2) is 24.4 Å². The second-order valence-corrected chi connectivity index (χ2v) is 4.79. The van der Waals surface area contributed by atoms with Gasteiger partial charge in [0.1, 0.15) is 0 Å². The number of nitrogens with two attached hydrogens (primary N) is 1. The number of hydrogen-bond acceptors (Lipinski definition) is 4. The molecule has 0 aromatic carbocycles. The van der Waals surface area contributed by atoms with Gasteiger partial charge in [-0.3, -0.25) is 20.9 Å². The predicted molar refractivity (Wildman–Crippen MR) is 75.3 cm³/mol. The molecule has 0 amide bonds. The van der Waals surface area contributed by atoms with Gasteiger partial charge in [-0.2, -0.15) is 5.10 Å². The second kappa shape index (κ2) is 5.95. The maximum absolute atomic E-state index is 5.67. The summed E-state index contributed by atoms with van der Waals surface area (Å²) < 4.78 is 1.92. The van der Waals surface area contributed by atoms with Gasteiger partial charge in [0, 0.05) is 25.4 Å². The molecule has 0 saturated heterocycles. The molecule has 2 heterocycles. The molecule has 0 fully saturated rings. The van der Waals surface area contributed by atoms with Crippen LogP contribution in [0.25, 0.3) is 0 Å². The Labute approximate surface area is 113 Å². The number of nitrogens with zero attached hydrogens (tertiary/aromatic N) is 3. The highest BCUT2D eigenvalue weighted by Crippen LogP contribution is 2.17. The van der Waals surface area contributed by atoms with Crippen LogP contribution < -0.4 is 11.3 Å². The average molecular weight is 259 g/mol. The molecule has 5 heteroatoms. The second-order valence-electron chi connectivity index (χ2n) is 4.79. The number of hydrazine groups is 1. The minimum atomic E-state index is 0.00000567. The number of aromatic nitrogens is 3. The van der Waals surface area contributed by atoms with Crippen LogP contribution in [0.5, 0.6) is 0 Å².